The topological polar surface area (TPSA) is 78.5 Å². The molecule has 1 saturated heterocycles. The van der Waals surface area contributed by atoms with E-state index in [9.17, 15) is 14.4 Å². The molecule has 1 aliphatic heterocycles. The Hall–Kier alpha value is -2.37. The molecule has 0 bridgehead atoms. The van der Waals surface area contributed by atoms with Crippen LogP contribution in [0.3, 0.4) is 0 Å². The van der Waals surface area contributed by atoms with Crippen molar-refractivity contribution in [1.82, 2.24) is 15.5 Å². The van der Waals surface area contributed by atoms with Crippen molar-refractivity contribution in [2.24, 2.45) is 11.3 Å². The van der Waals surface area contributed by atoms with Gasteiger partial charge in [0.25, 0.3) is 5.91 Å². The van der Waals surface area contributed by atoms with Crippen LogP contribution in [0.15, 0.2) is 30.3 Å². The molecule has 4 amide bonds. The maximum Gasteiger partial charge on any atom is 0.325 e. The highest BCUT2D eigenvalue weighted by atomic mass is 16.2. The second-order valence-corrected chi connectivity index (χ2v) is 10.0. The quantitative estimate of drug-likeness (QED) is 0.615. The minimum absolute atomic E-state index is 0.0332. The van der Waals surface area contributed by atoms with E-state index in [1.165, 1.54) is 5.56 Å². The average molecular weight is 428 g/mol. The SMILES string of the molecule is CCC(C)(C)C1CCC2(CC1)NC(=O)N(CC(=O)N[C@H](C)CCc1ccccc1)C2=O. The van der Waals surface area contributed by atoms with Crippen LogP contribution < -0.4 is 10.6 Å². The Balaban J connectivity index is 1.51. The van der Waals surface area contributed by atoms with E-state index in [1.807, 2.05) is 25.1 Å². The molecular weight excluding hydrogens is 390 g/mol. The van der Waals surface area contributed by atoms with Gasteiger partial charge in [0.2, 0.25) is 5.91 Å². The number of carbonyl (C=O) groups excluding carboxylic acids is 3. The van der Waals surface area contributed by atoms with Gasteiger partial charge in [0.15, 0.2) is 0 Å². The van der Waals surface area contributed by atoms with Gasteiger partial charge in [-0.25, -0.2) is 4.79 Å². The number of amides is 4. The van der Waals surface area contributed by atoms with Crippen molar-refractivity contribution < 1.29 is 14.4 Å². The van der Waals surface area contributed by atoms with Crippen LogP contribution in [-0.4, -0.2) is 40.9 Å². The van der Waals surface area contributed by atoms with Crippen molar-refractivity contribution in [3.63, 3.8) is 0 Å². The normalized spacial score (nSPS) is 24.9. The summed E-state index contributed by atoms with van der Waals surface area (Å²) >= 11 is 0. The first-order valence-electron chi connectivity index (χ1n) is 11.6. The van der Waals surface area contributed by atoms with Crippen LogP contribution >= 0.6 is 0 Å². The fraction of sp³-hybridized carbons (Fsp3) is 0.640. The van der Waals surface area contributed by atoms with E-state index in [0.717, 1.165) is 37.0 Å². The van der Waals surface area contributed by atoms with E-state index in [1.54, 1.807) is 0 Å². The van der Waals surface area contributed by atoms with Crippen molar-refractivity contribution in [2.75, 3.05) is 6.54 Å². The summed E-state index contributed by atoms with van der Waals surface area (Å²) in [4.78, 5) is 39.3. The Morgan fingerprint density at radius 3 is 2.48 bits per heavy atom. The number of benzene rings is 1. The van der Waals surface area contributed by atoms with Crippen LogP contribution in [0.25, 0.3) is 0 Å². The molecule has 170 valence electrons. The van der Waals surface area contributed by atoms with E-state index in [4.69, 9.17) is 0 Å². The monoisotopic (exact) mass is 427 g/mol. The molecule has 2 fully saturated rings. The third-order valence-corrected chi connectivity index (χ3v) is 7.52. The van der Waals surface area contributed by atoms with E-state index in [2.05, 4.69) is 43.5 Å². The number of nitrogens with zero attached hydrogens (tertiary/aromatic N) is 1. The van der Waals surface area contributed by atoms with Crippen LogP contribution in [0.1, 0.15) is 71.8 Å². The Labute approximate surface area is 186 Å². The average Bonchev–Trinajstić information content (AvgIpc) is 2.97. The summed E-state index contributed by atoms with van der Waals surface area (Å²) in [6.45, 7) is 8.49. The number of urea groups is 1. The standard InChI is InChI=1S/C25H37N3O3/c1-5-24(3,4)20-13-15-25(16-14-20)22(30)28(23(31)27-25)17-21(29)26-18(2)11-12-19-9-7-6-8-10-19/h6-10,18,20H,5,11-17H2,1-4H3,(H,26,29)(H,27,31)/t18-,20?,25?/m1/s1. The highest BCUT2D eigenvalue weighted by molar-refractivity contribution is 6.09. The first kappa shape index (κ1) is 23.3. The molecule has 2 aliphatic rings. The number of hydrogen-bond acceptors (Lipinski definition) is 3. The van der Waals surface area contributed by atoms with E-state index in [0.29, 0.717) is 18.8 Å². The lowest BCUT2D eigenvalue weighted by Crippen LogP contribution is -2.51. The zero-order valence-corrected chi connectivity index (χ0v) is 19.4. The van der Waals surface area contributed by atoms with Gasteiger partial charge in [-0.2, -0.15) is 0 Å². The predicted octanol–water partition coefficient (Wildman–Crippen LogP) is 4.04. The summed E-state index contributed by atoms with van der Waals surface area (Å²) in [5.74, 6) is 0.0231. The summed E-state index contributed by atoms with van der Waals surface area (Å²) < 4.78 is 0. The molecule has 6 nitrogen and oxygen atoms in total. The van der Waals surface area contributed by atoms with Crippen LogP contribution in [-0.2, 0) is 16.0 Å². The second kappa shape index (κ2) is 9.41. The Morgan fingerprint density at radius 2 is 1.87 bits per heavy atom. The molecule has 1 spiro atoms. The zero-order chi connectivity index (χ0) is 22.6. The van der Waals surface area contributed by atoms with Gasteiger partial charge in [-0.1, -0.05) is 57.5 Å². The summed E-state index contributed by atoms with van der Waals surface area (Å²) in [5, 5.41) is 5.85. The minimum Gasteiger partial charge on any atom is -0.352 e. The lowest BCUT2D eigenvalue weighted by atomic mass is 9.65. The second-order valence-electron chi connectivity index (χ2n) is 10.0. The number of aryl methyl sites for hydroxylation is 1. The van der Waals surface area contributed by atoms with Crippen molar-refractivity contribution >= 4 is 17.8 Å². The molecule has 1 aliphatic carbocycles. The van der Waals surface area contributed by atoms with Crippen LogP contribution in [0, 0.1) is 11.3 Å². The molecule has 2 N–H and O–H groups in total. The maximum atomic E-state index is 13.1. The summed E-state index contributed by atoms with van der Waals surface area (Å²) in [7, 11) is 0. The molecule has 1 aromatic rings. The van der Waals surface area contributed by atoms with Crippen molar-refractivity contribution in [3.05, 3.63) is 35.9 Å². The van der Waals surface area contributed by atoms with E-state index >= 15 is 0 Å². The number of imide groups is 1. The van der Waals surface area contributed by atoms with Gasteiger partial charge in [0, 0.05) is 6.04 Å². The molecule has 3 rings (SSSR count). The molecular formula is C25H37N3O3. The van der Waals surface area contributed by atoms with Crippen molar-refractivity contribution in [3.8, 4) is 0 Å². The smallest absolute Gasteiger partial charge is 0.325 e. The zero-order valence-electron chi connectivity index (χ0n) is 19.4. The fourth-order valence-corrected chi connectivity index (χ4v) is 4.90. The number of rotatable bonds is 8. The van der Waals surface area contributed by atoms with Crippen LogP contribution in [0.4, 0.5) is 4.79 Å². The fourth-order valence-electron chi connectivity index (χ4n) is 4.90. The summed E-state index contributed by atoms with van der Waals surface area (Å²) in [6, 6.07) is 9.65. The highest BCUT2D eigenvalue weighted by Gasteiger charge is 2.53. The maximum absolute atomic E-state index is 13.1. The van der Waals surface area contributed by atoms with Gasteiger partial charge in [-0.15, -0.1) is 0 Å². The van der Waals surface area contributed by atoms with Gasteiger partial charge in [-0.05, 0) is 62.3 Å². The first-order valence-corrected chi connectivity index (χ1v) is 11.6. The van der Waals surface area contributed by atoms with Gasteiger partial charge in [0.05, 0.1) is 0 Å². The van der Waals surface area contributed by atoms with Gasteiger partial charge >= 0.3 is 6.03 Å². The molecule has 0 aromatic heterocycles. The van der Waals surface area contributed by atoms with Gasteiger partial charge < -0.3 is 10.6 Å². The molecule has 1 saturated carbocycles. The molecule has 1 atom stereocenters. The third-order valence-electron chi connectivity index (χ3n) is 7.52. The van der Waals surface area contributed by atoms with Crippen LogP contribution in [0.5, 0.6) is 0 Å². The first-order chi connectivity index (χ1) is 14.7. The lowest BCUT2D eigenvalue weighted by molar-refractivity contribution is -0.136. The third kappa shape index (κ3) is 5.28. The molecule has 6 heteroatoms. The lowest BCUT2D eigenvalue weighted by Gasteiger charge is -2.42. The Bertz CT molecular complexity index is 797. The number of hydrogen-bond donors (Lipinski definition) is 2. The van der Waals surface area contributed by atoms with E-state index < -0.39 is 11.6 Å². The summed E-state index contributed by atoms with van der Waals surface area (Å²) in [6.07, 6.45) is 5.90. The van der Waals surface area contributed by atoms with Gasteiger partial charge in [0.1, 0.15) is 12.1 Å². The predicted molar refractivity (Wildman–Crippen MR) is 121 cm³/mol. The largest absolute Gasteiger partial charge is 0.352 e. The molecule has 31 heavy (non-hydrogen) atoms. The molecule has 0 radical (unpaired) electrons. The Kier molecular flexibility index (Phi) is 7.07. The molecule has 0 unspecified atom stereocenters. The number of nitrogens with one attached hydrogen (secondary N) is 2. The summed E-state index contributed by atoms with van der Waals surface area (Å²) in [5.41, 5.74) is 0.640. The Morgan fingerprint density at radius 1 is 1.23 bits per heavy atom. The van der Waals surface area contributed by atoms with Gasteiger partial charge in [-0.3, -0.25) is 14.5 Å². The van der Waals surface area contributed by atoms with E-state index in [-0.39, 0.29) is 29.8 Å². The van der Waals surface area contributed by atoms with Crippen molar-refractivity contribution in [1.29, 1.82) is 0 Å². The highest BCUT2D eigenvalue weighted by Crippen LogP contribution is 2.45. The minimum atomic E-state index is -0.823. The molecule has 1 aromatic carbocycles. The number of carbonyl (C=O) groups is 3. The van der Waals surface area contributed by atoms with Crippen molar-refractivity contribution in [2.45, 2.75) is 84.2 Å². The van der Waals surface area contributed by atoms with Crippen LogP contribution in [0.2, 0.25) is 0 Å². The molecule has 1 heterocycles.